The topological polar surface area (TPSA) is 91.7 Å². The van der Waals surface area contributed by atoms with Crippen molar-refractivity contribution in [2.24, 2.45) is 0 Å². The normalized spacial score (nSPS) is 14.9. The third-order valence-corrected chi connectivity index (χ3v) is 6.00. The molecule has 0 unspecified atom stereocenters. The van der Waals surface area contributed by atoms with Crippen LogP contribution >= 0.6 is 0 Å². The zero-order chi connectivity index (χ0) is 24.9. The van der Waals surface area contributed by atoms with Crippen LogP contribution in [0.1, 0.15) is 17.4 Å². The van der Waals surface area contributed by atoms with Crippen LogP contribution in [0.4, 0.5) is 5.69 Å². The third-order valence-electron chi connectivity index (χ3n) is 6.00. The maximum atomic E-state index is 13.5. The van der Waals surface area contributed by atoms with E-state index < -0.39 is 4.92 Å². The van der Waals surface area contributed by atoms with Gasteiger partial charge in [-0.25, -0.2) is 0 Å². The highest BCUT2D eigenvalue weighted by Gasteiger charge is 2.27. The molecule has 2 aromatic carbocycles. The summed E-state index contributed by atoms with van der Waals surface area (Å²) in [6.07, 6.45) is 10.3. The van der Waals surface area contributed by atoms with E-state index in [0.717, 1.165) is 18.7 Å². The van der Waals surface area contributed by atoms with Crippen LogP contribution in [0, 0.1) is 22.5 Å². The van der Waals surface area contributed by atoms with E-state index in [0.29, 0.717) is 46.8 Å². The Bertz CT molecular complexity index is 1350. The number of H-pyrrole nitrogens is 1. The standard InChI is InChI=1S/C27H26N4O4/c1-4-6-7-21(5-2)35-22-11-8-19(9-12-22)25-23-18-20(31(33)34)10-13-24(23)28-26(25)27(32)30-16-14-29(3)15-17-30/h1,5-13,18,28H,14-17H2,2-3H3/b7-6-,21-5+. The first-order valence-electron chi connectivity index (χ1n) is 11.3. The van der Waals surface area contributed by atoms with Crippen LogP contribution in [0.15, 0.2) is 66.5 Å². The minimum absolute atomic E-state index is 0.0330. The van der Waals surface area contributed by atoms with Gasteiger partial charge in [0.25, 0.3) is 11.6 Å². The number of terminal acetylenes is 1. The third kappa shape index (κ3) is 5.10. The number of allylic oxidation sites excluding steroid dienone is 3. The van der Waals surface area contributed by atoms with Gasteiger partial charge in [0.2, 0.25) is 0 Å². The molecule has 1 aliphatic heterocycles. The molecule has 0 aliphatic carbocycles. The van der Waals surface area contributed by atoms with Crippen LogP contribution in [-0.4, -0.2) is 58.8 Å². The number of aromatic amines is 1. The fourth-order valence-corrected chi connectivity index (χ4v) is 4.07. The molecule has 1 fully saturated rings. The number of rotatable bonds is 6. The summed E-state index contributed by atoms with van der Waals surface area (Å²) in [4.78, 5) is 31.7. The van der Waals surface area contributed by atoms with Gasteiger partial charge in [-0.1, -0.05) is 18.1 Å². The van der Waals surface area contributed by atoms with Crippen LogP contribution in [0.5, 0.6) is 5.75 Å². The van der Waals surface area contributed by atoms with Gasteiger partial charge < -0.3 is 19.5 Å². The van der Waals surface area contributed by atoms with Crippen molar-refractivity contribution >= 4 is 22.5 Å². The Labute approximate surface area is 203 Å². The van der Waals surface area contributed by atoms with E-state index in [1.54, 1.807) is 36.4 Å². The van der Waals surface area contributed by atoms with Crippen LogP contribution in [-0.2, 0) is 0 Å². The molecule has 0 spiro atoms. The van der Waals surface area contributed by atoms with Gasteiger partial charge in [-0.3, -0.25) is 14.9 Å². The van der Waals surface area contributed by atoms with Crippen LogP contribution in [0.25, 0.3) is 22.0 Å². The smallest absolute Gasteiger partial charge is 0.271 e. The number of fused-ring (bicyclic) bond motifs is 1. The van der Waals surface area contributed by atoms with Crippen molar-refractivity contribution in [3.63, 3.8) is 0 Å². The minimum atomic E-state index is -0.433. The maximum Gasteiger partial charge on any atom is 0.271 e. The lowest BCUT2D eigenvalue weighted by molar-refractivity contribution is -0.384. The number of hydrogen-bond donors (Lipinski definition) is 1. The van der Waals surface area contributed by atoms with E-state index >= 15 is 0 Å². The predicted molar refractivity (Wildman–Crippen MR) is 136 cm³/mol. The predicted octanol–water partition coefficient (Wildman–Crippen LogP) is 4.60. The summed E-state index contributed by atoms with van der Waals surface area (Å²) in [6, 6.07) is 11.9. The largest absolute Gasteiger partial charge is 0.458 e. The molecule has 0 atom stereocenters. The molecular formula is C27H26N4O4. The van der Waals surface area contributed by atoms with Gasteiger partial charge in [0.15, 0.2) is 0 Å². The number of piperazine rings is 1. The second-order valence-corrected chi connectivity index (χ2v) is 8.27. The number of ether oxygens (including phenoxy) is 1. The first-order valence-corrected chi connectivity index (χ1v) is 11.3. The average Bonchev–Trinajstić information content (AvgIpc) is 3.25. The molecule has 4 rings (SSSR count). The number of non-ortho nitro benzene ring substituents is 1. The fraction of sp³-hybridized carbons (Fsp3) is 0.222. The highest BCUT2D eigenvalue weighted by Crippen LogP contribution is 2.36. The lowest BCUT2D eigenvalue weighted by Crippen LogP contribution is -2.47. The van der Waals surface area contributed by atoms with Gasteiger partial charge in [0.1, 0.15) is 17.2 Å². The molecule has 8 nitrogen and oxygen atoms in total. The molecule has 35 heavy (non-hydrogen) atoms. The van der Waals surface area contributed by atoms with Crippen molar-refractivity contribution < 1.29 is 14.5 Å². The van der Waals surface area contributed by atoms with E-state index in [9.17, 15) is 14.9 Å². The first-order chi connectivity index (χ1) is 16.9. The number of hydrogen-bond acceptors (Lipinski definition) is 5. The number of likely N-dealkylation sites (N-methyl/N-ethyl adjacent to an activating group) is 1. The molecule has 2 heterocycles. The van der Waals surface area contributed by atoms with Crippen LogP contribution in [0.3, 0.4) is 0 Å². The second-order valence-electron chi connectivity index (χ2n) is 8.27. The summed E-state index contributed by atoms with van der Waals surface area (Å²) in [5, 5.41) is 12.1. The summed E-state index contributed by atoms with van der Waals surface area (Å²) in [7, 11) is 2.03. The van der Waals surface area contributed by atoms with Gasteiger partial charge in [0, 0.05) is 54.8 Å². The van der Waals surface area contributed by atoms with E-state index in [-0.39, 0.29) is 11.6 Å². The average molecular weight is 471 g/mol. The number of nitrogens with zero attached hydrogens (tertiary/aromatic N) is 3. The lowest BCUT2D eigenvalue weighted by atomic mass is 10.0. The first kappa shape index (κ1) is 23.8. The molecule has 1 amide bonds. The van der Waals surface area contributed by atoms with Crippen molar-refractivity contribution in [2.45, 2.75) is 6.92 Å². The van der Waals surface area contributed by atoms with Gasteiger partial charge in [-0.2, -0.15) is 0 Å². The van der Waals surface area contributed by atoms with E-state index in [1.165, 1.54) is 12.1 Å². The highest BCUT2D eigenvalue weighted by atomic mass is 16.6. The molecule has 178 valence electrons. The SMILES string of the molecule is C#C/C=C\C(=C/C)Oc1ccc(-c2c(C(=O)N3CCN(C)CC3)[nH]c3ccc([N+](=O)[O-])cc23)cc1. The molecule has 0 bridgehead atoms. The number of carbonyl (C=O) groups excluding carboxylic acids is 1. The van der Waals surface area contributed by atoms with E-state index in [2.05, 4.69) is 15.8 Å². The van der Waals surface area contributed by atoms with Gasteiger partial charge in [0.05, 0.1) is 4.92 Å². The Hall–Kier alpha value is -4.35. The number of nitrogens with one attached hydrogen (secondary N) is 1. The van der Waals surface area contributed by atoms with E-state index in [4.69, 9.17) is 11.2 Å². The minimum Gasteiger partial charge on any atom is -0.458 e. The number of amides is 1. The zero-order valence-electron chi connectivity index (χ0n) is 19.7. The number of nitro benzene ring substituents is 1. The van der Waals surface area contributed by atoms with Crippen molar-refractivity contribution in [3.8, 4) is 29.2 Å². The van der Waals surface area contributed by atoms with Crippen LogP contribution < -0.4 is 4.74 Å². The van der Waals surface area contributed by atoms with Crippen molar-refractivity contribution in [1.82, 2.24) is 14.8 Å². The summed E-state index contributed by atoms with van der Waals surface area (Å²) in [5.74, 6) is 3.51. The Morgan fingerprint density at radius 3 is 2.51 bits per heavy atom. The molecule has 0 saturated carbocycles. The molecule has 1 aromatic heterocycles. The Balaban J connectivity index is 1.76. The summed E-state index contributed by atoms with van der Waals surface area (Å²) in [5.41, 5.74) is 2.44. The Morgan fingerprint density at radius 1 is 1.17 bits per heavy atom. The van der Waals surface area contributed by atoms with Crippen molar-refractivity contribution in [2.75, 3.05) is 33.2 Å². The molecular weight excluding hydrogens is 444 g/mol. The number of carbonyl (C=O) groups is 1. The fourth-order valence-electron chi connectivity index (χ4n) is 4.07. The molecule has 0 radical (unpaired) electrons. The van der Waals surface area contributed by atoms with Gasteiger partial charge in [-0.15, -0.1) is 6.42 Å². The summed E-state index contributed by atoms with van der Waals surface area (Å²) >= 11 is 0. The van der Waals surface area contributed by atoms with Crippen LogP contribution in [0.2, 0.25) is 0 Å². The van der Waals surface area contributed by atoms with E-state index in [1.807, 2.05) is 31.0 Å². The quantitative estimate of drug-likeness (QED) is 0.187. The summed E-state index contributed by atoms with van der Waals surface area (Å²) in [6.45, 7) is 4.67. The van der Waals surface area contributed by atoms with Gasteiger partial charge in [-0.05, 0) is 56.0 Å². The van der Waals surface area contributed by atoms with Crippen molar-refractivity contribution in [3.05, 3.63) is 82.3 Å². The lowest BCUT2D eigenvalue weighted by Gasteiger charge is -2.32. The molecule has 8 heteroatoms. The van der Waals surface area contributed by atoms with Gasteiger partial charge >= 0.3 is 0 Å². The monoisotopic (exact) mass is 470 g/mol. The number of nitro groups is 1. The maximum absolute atomic E-state index is 13.5. The molecule has 1 N–H and O–H groups in total. The summed E-state index contributed by atoms with van der Waals surface area (Å²) < 4.78 is 5.86. The second kappa shape index (κ2) is 10.3. The zero-order valence-corrected chi connectivity index (χ0v) is 19.7. The highest BCUT2D eigenvalue weighted by molar-refractivity contribution is 6.10. The number of aromatic nitrogens is 1. The molecule has 1 saturated heterocycles. The molecule has 1 aliphatic rings. The Kier molecular flexibility index (Phi) is 6.99. The van der Waals surface area contributed by atoms with Crippen molar-refractivity contribution in [1.29, 1.82) is 0 Å². The Morgan fingerprint density at radius 2 is 1.89 bits per heavy atom. The number of benzene rings is 2. The molecule has 3 aromatic rings.